The first-order valence-corrected chi connectivity index (χ1v) is 10.4. The standard InChI is InChI=1S/C23H24Cl2N2O4/c1-14(2)22(15(3)12-20(24)25)23(28)31-19(13-26)18-6-5-7-21(27-18)30-17-10-8-16(29-4)9-11-17/h5-12,14-15,19,22H,1-4H3. The molecule has 3 atom stereocenters. The van der Waals surface area contributed by atoms with Crippen molar-refractivity contribution in [3.05, 3.63) is 58.7 Å². The topological polar surface area (TPSA) is 81.4 Å². The third kappa shape index (κ3) is 7.16. The highest BCUT2D eigenvalue weighted by Crippen LogP contribution is 2.29. The van der Waals surface area contributed by atoms with Crippen LogP contribution in [0.4, 0.5) is 0 Å². The predicted octanol–water partition coefficient (Wildman–Crippen LogP) is 6.22. The molecule has 0 spiro atoms. The predicted molar refractivity (Wildman–Crippen MR) is 119 cm³/mol. The van der Waals surface area contributed by atoms with Gasteiger partial charge in [-0.05, 0) is 42.2 Å². The zero-order valence-corrected chi connectivity index (χ0v) is 19.2. The second-order valence-electron chi connectivity index (χ2n) is 7.21. The lowest BCUT2D eigenvalue weighted by molar-refractivity contribution is -0.155. The van der Waals surface area contributed by atoms with Gasteiger partial charge in [-0.2, -0.15) is 5.26 Å². The van der Waals surface area contributed by atoms with Crippen molar-refractivity contribution in [1.82, 2.24) is 4.98 Å². The molecule has 0 aliphatic carbocycles. The maximum Gasteiger partial charge on any atom is 0.311 e. The average Bonchev–Trinajstić information content (AvgIpc) is 2.72. The fourth-order valence-corrected chi connectivity index (χ4v) is 3.54. The molecular weight excluding hydrogens is 439 g/mol. The van der Waals surface area contributed by atoms with E-state index in [9.17, 15) is 10.1 Å². The van der Waals surface area contributed by atoms with Crippen molar-refractivity contribution in [3.63, 3.8) is 0 Å². The number of methoxy groups -OCH3 is 1. The van der Waals surface area contributed by atoms with Gasteiger partial charge in [0.1, 0.15) is 22.1 Å². The van der Waals surface area contributed by atoms with E-state index in [1.807, 2.05) is 26.8 Å². The van der Waals surface area contributed by atoms with Gasteiger partial charge in [0, 0.05) is 6.07 Å². The summed E-state index contributed by atoms with van der Waals surface area (Å²) in [5, 5.41) is 9.59. The van der Waals surface area contributed by atoms with Crippen LogP contribution in [0.3, 0.4) is 0 Å². The first-order chi connectivity index (χ1) is 14.7. The third-order valence-electron chi connectivity index (χ3n) is 4.59. The maximum atomic E-state index is 12.8. The van der Waals surface area contributed by atoms with Crippen LogP contribution in [0.25, 0.3) is 0 Å². The molecular formula is C23H24Cl2N2O4. The van der Waals surface area contributed by atoms with E-state index in [0.29, 0.717) is 11.5 Å². The number of nitrogens with zero attached hydrogens (tertiary/aromatic N) is 2. The number of carbonyl (C=O) groups excluding carboxylic acids is 1. The number of benzene rings is 1. The van der Waals surface area contributed by atoms with Crippen LogP contribution in [0.1, 0.15) is 32.6 Å². The number of hydrogen-bond donors (Lipinski definition) is 0. The van der Waals surface area contributed by atoms with Crippen molar-refractivity contribution < 1.29 is 19.0 Å². The Balaban J connectivity index is 2.18. The quantitative estimate of drug-likeness (QED) is 0.411. The van der Waals surface area contributed by atoms with Crippen LogP contribution in [-0.4, -0.2) is 18.1 Å². The van der Waals surface area contributed by atoms with Crippen LogP contribution in [0.15, 0.2) is 53.0 Å². The number of allylic oxidation sites excluding steroid dienone is 1. The monoisotopic (exact) mass is 462 g/mol. The lowest BCUT2D eigenvalue weighted by atomic mass is 9.84. The Labute approximate surface area is 192 Å². The SMILES string of the molecule is COc1ccc(Oc2cccc(C(C#N)OC(=O)C(C(C)C)C(C)C=C(Cl)Cl)n2)cc1. The number of aromatic nitrogens is 1. The largest absolute Gasteiger partial charge is 0.497 e. The van der Waals surface area contributed by atoms with E-state index in [1.54, 1.807) is 55.7 Å². The normalized spacial score (nSPS) is 13.5. The summed E-state index contributed by atoms with van der Waals surface area (Å²) < 4.78 is 16.4. The highest BCUT2D eigenvalue weighted by Gasteiger charge is 2.31. The van der Waals surface area contributed by atoms with Gasteiger partial charge in [-0.15, -0.1) is 0 Å². The van der Waals surface area contributed by atoms with Crippen LogP contribution in [0, 0.1) is 29.1 Å². The zero-order valence-electron chi connectivity index (χ0n) is 17.7. The summed E-state index contributed by atoms with van der Waals surface area (Å²) in [6.45, 7) is 5.60. The molecule has 1 aromatic carbocycles. The van der Waals surface area contributed by atoms with E-state index < -0.39 is 18.0 Å². The van der Waals surface area contributed by atoms with Gasteiger partial charge in [0.05, 0.1) is 18.7 Å². The Hall–Kier alpha value is -2.75. The smallest absolute Gasteiger partial charge is 0.311 e. The molecule has 0 saturated carbocycles. The molecule has 0 bridgehead atoms. The first-order valence-electron chi connectivity index (χ1n) is 9.67. The Morgan fingerprint density at radius 1 is 1.10 bits per heavy atom. The summed E-state index contributed by atoms with van der Waals surface area (Å²) in [5.41, 5.74) is 0.267. The van der Waals surface area contributed by atoms with Gasteiger partial charge < -0.3 is 14.2 Å². The molecule has 0 aliphatic heterocycles. The first kappa shape index (κ1) is 24.5. The van der Waals surface area contributed by atoms with E-state index in [1.165, 1.54) is 0 Å². The van der Waals surface area contributed by atoms with Gasteiger partial charge >= 0.3 is 5.97 Å². The molecule has 0 amide bonds. The maximum absolute atomic E-state index is 12.8. The molecule has 0 aliphatic rings. The minimum atomic E-state index is -1.18. The second kappa shape index (κ2) is 11.6. The van der Waals surface area contributed by atoms with E-state index in [4.69, 9.17) is 37.4 Å². The molecule has 2 aromatic rings. The number of pyridine rings is 1. The van der Waals surface area contributed by atoms with Crippen LogP contribution in [-0.2, 0) is 9.53 Å². The van der Waals surface area contributed by atoms with Gasteiger partial charge in [-0.3, -0.25) is 4.79 Å². The van der Waals surface area contributed by atoms with E-state index in [2.05, 4.69) is 4.98 Å². The van der Waals surface area contributed by atoms with Gasteiger partial charge in [0.2, 0.25) is 12.0 Å². The Bertz CT molecular complexity index is 951. The molecule has 3 unspecified atom stereocenters. The van der Waals surface area contributed by atoms with E-state index >= 15 is 0 Å². The van der Waals surface area contributed by atoms with Gasteiger partial charge in [-0.25, -0.2) is 4.98 Å². The molecule has 8 heteroatoms. The number of ether oxygens (including phenoxy) is 3. The number of esters is 1. The number of hydrogen-bond acceptors (Lipinski definition) is 6. The van der Waals surface area contributed by atoms with E-state index in [0.717, 1.165) is 0 Å². The molecule has 0 radical (unpaired) electrons. The van der Waals surface area contributed by atoms with Gasteiger partial charge in [0.15, 0.2) is 0 Å². The second-order valence-corrected chi connectivity index (χ2v) is 8.22. The summed E-state index contributed by atoms with van der Waals surface area (Å²) in [5.74, 6) is 0.145. The summed E-state index contributed by atoms with van der Waals surface area (Å²) >= 11 is 11.5. The van der Waals surface area contributed by atoms with Crippen molar-refractivity contribution in [2.45, 2.75) is 26.9 Å². The fourth-order valence-electron chi connectivity index (χ4n) is 3.14. The fraction of sp³-hybridized carbons (Fsp3) is 0.348. The molecule has 0 fully saturated rings. The number of nitriles is 1. The molecule has 0 saturated heterocycles. The van der Waals surface area contributed by atoms with E-state index in [-0.39, 0.29) is 27.9 Å². The highest BCUT2D eigenvalue weighted by atomic mass is 35.5. The summed E-state index contributed by atoms with van der Waals surface area (Å²) in [7, 11) is 1.58. The van der Waals surface area contributed by atoms with Crippen LogP contribution < -0.4 is 9.47 Å². The number of halogens is 2. The van der Waals surface area contributed by atoms with Crippen LogP contribution in [0.2, 0.25) is 0 Å². The molecule has 1 aromatic heterocycles. The van der Waals surface area contributed by atoms with Crippen molar-refractivity contribution in [2.24, 2.45) is 17.8 Å². The van der Waals surface area contributed by atoms with Crippen LogP contribution in [0.5, 0.6) is 17.4 Å². The summed E-state index contributed by atoms with van der Waals surface area (Å²) in [6, 6.07) is 13.9. The lowest BCUT2D eigenvalue weighted by Crippen LogP contribution is -2.29. The molecule has 6 nitrogen and oxygen atoms in total. The van der Waals surface area contributed by atoms with Crippen LogP contribution >= 0.6 is 23.2 Å². The Kier molecular flexibility index (Phi) is 9.17. The third-order valence-corrected chi connectivity index (χ3v) is 4.84. The van der Waals surface area contributed by atoms with Crippen molar-refractivity contribution in [3.8, 4) is 23.4 Å². The molecule has 1 heterocycles. The van der Waals surface area contributed by atoms with Gasteiger partial charge in [-0.1, -0.05) is 56.1 Å². The number of carbonyl (C=O) groups is 1. The number of rotatable bonds is 9. The molecule has 164 valence electrons. The minimum absolute atomic E-state index is 0.0523. The zero-order chi connectivity index (χ0) is 23.0. The average molecular weight is 463 g/mol. The van der Waals surface area contributed by atoms with Crippen molar-refractivity contribution >= 4 is 29.2 Å². The molecule has 0 N–H and O–H groups in total. The van der Waals surface area contributed by atoms with Crippen molar-refractivity contribution in [1.29, 1.82) is 5.26 Å². The molecule has 2 rings (SSSR count). The Morgan fingerprint density at radius 3 is 2.29 bits per heavy atom. The highest BCUT2D eigenvalue weighted by molar-refractivity contribution is 6.55. The summed E-state index contributed by atoms with van der Waals surface area (Å²) in [6.07, 6.45) is 0.397. The van der Waals surface area contributed by atoms with Gasteiger partial charge in [0.25, 0.3) is 0 Å². The van der Waals surface area contributed by atoms with Crippen molar-refractivity contribution in [2.75, 3.05) is 7.11 Å². The minimum Gasteiger partial charge on any atom is -0.497 e. The summed E-state index contributed by atoms with van der Waals surface area (Å²) in [4.78, 5) is 17.2. The molecule has 31 heavy (non-hydrogen) atoms. The lowest BCUT2D eigenvalue weighted by Gasteiger charge is -2.24. The Morgan fingerprint density at radius 2 is 1.74 bits per heavy atom.